The Morgan fingerprint density at radius 2 is 1.71 bits per heavy atom. The van der Waals surface area contributed by atoms with Gasteiger partial charge < -0.3 is 4.74 Å². The molecular formula is C18H21NO4S. The lowest BCUT2D eigenvalue weighted by molar-refractivity contribution is 0.101. The Labute approximate surface area is 142 Å². The summed E-state index contributed by atoms with van der Waals surface area (Å²) in [6, 6.07) is 13.5. The van der Waals surface area contributed by atoms with E-state index in [9.17, 15) is 13.2 Å². The second kappa shape index (κ2) is 7.59. The summed E-state index contributed by atoms with van der Waals surface area (Å²) in [6.07, 6.45) is 0. The van der Waals surface area contributed by atoms with E-state index >= 15 is 0 Å². The molecule has 0 atom stereocenters. The van der Waals surface area contributed by atoms with Crippen LogP contribution in [0.3, 0.4) is 0 Å². The molecule has 2 aromatic carbocycles. The lowest BCUT2D eigenvalue weighted by Crippen LogP contribution is -2.31. The molecule has 0 fully saturated rings. The van der Waals surface area contributed by atoms with Gasteiger partial charge in [0.05, 0.1) is 4.90 Å². The second-order valence-corrected chi connectivity index (χ2v) is 7.57. The maximum atomic E-state index is 12.5. The number of aryl methyl sites for hydroxylation is 1. The first-order valence-electron chi connectivity index (χ1n) is 7.58. The van der Waals surface area contributed by atoms with Crippen LogP contribution in [0.4, 0.5) is 0 Å². The minimum atomic E-state index is -3.60. The molecule has 0 N–H and O–H groups in total. The van der Waals surface area contributed by atoms with Crippen LogP contribution in [0.1, 0.15) is 22.8 Å². The highest BCUT2D eigenvalue weighted by molar-refractivity contribution is 7.89. The van der Waals surface area contributed by atoms with Gasteiger partial charge in [0.25, 0.3) is 0 Å². The Balaban J connectivity index is 2.01. The fourth-order valence-electron chi connectivity index (χ4n) is 2.16. The van der Waals surface area contributed by atoms with Gasteiger partial charge in [-0.05, 0) is 37.6 Å². The van der Waals surface area contributed by atoms with Gasteiger partial charge in [0.2, 0.25) is 10.0 Å². The van der Waals surface area contributed by atoms with Crippen molar-refractivity contribution in [2.75, 3.05) is 20.2 Å². The number of Topliss-reactive ketones (excluding diaryl/α,β-unsaturated/α-hetero) is 1. The number of ether oxygens (including phenoxy) is 1. The van der Waals surface area contributed by atoms with Gasteiger partial charge in [-0.2, -0.15) is 4.31 Å². The first kappa shape index (κ1) is 18.2. The largest absolute Gasteiger partial charge is 0.492 e. The van der Waals surface area contributed by atoms with E-state index in [2.05, 4.69) is 0 Å². The normalized spacial score (nSPS) is 11.5. The third-order valence-electron chi connectivity index (χ3n) is 3.73. The van der Waals surface area contributed by atoms with Gasteiger partial charge in [0.15, 0.2) is 5.78 Å². The van der Waals surface area contributed by atoms with Crippen molar-refractivity contribution in [1.82, 2.24) is 4.31 Å². The SMILES string of the molecule is CC(=O)c1ccc(S(=O)(=O)N(C)CCOc2ccccc2C)cc1. The first-order valence-corrected chi connectivity index (χ1v) is 9.02. The van der Waals surface area contributed by atoms with E-state index in [4.69, 9.17) is 4.74 Å². The summed E-state index contributed by atoms with van der Waals surface area (Å²) in [5, 5.41) is 0. The third kappa shape index (κ3) is 4.21. The molecule has 128 valence electrons. The summed E-state index contributed by atoms with van der Waals surface area (Å²) in [5.74, 6) is 0.646. The molecule has 0 radical (unpaired) electrons. The Hall–Kier alpha value is -2.18. The highest BCUT2D eigenvalue weighted by atomic mass is 32.2. The summed E-state index contributed by atoms with van der Waals surface area (Å²) in [7, 11) is -2.09. The average molecular weight is 347 g/mol. The number of carbonyl (C=O) groups excluding carboxylic acids is 1. The number of ketones is 1. The molecule has 0 saturated heterocycles. The Kier molecular flexibility index (Phi) is 5.75. The fraction of sp³-hybridized carbons (Fsp3) is 0.278. The zero-order chi connectivity index (χ0) is 17.7. The number of sulfonamides is 1. The molecule has 0 unspecified atom stereocenters. The number of hydrogen-bond acceptors (Lipinski definition) is 4. The summed E-state index contributed by atoms with van der Waals surface area (Å²) in [6.45, 7) is 3.86. The van der Waals surface area contributed by atoms with Gasteiger partial charge in [-0.1, -0.05) is 30.3 Å². The van der Waals surface area contributed by atoms with Crippen LogP contribution in [0.15, 0.2) is 53.4 Å². The number of rotatable bonds is 7. The molecule has 0 saturated carbocycles. The Morgan fingerprint density at radius 1 is 1.08 bits per heavy atom. The zero-order valence-corrected chi connectivity index (χ0v) is 14.8. The molecule has 6 heteroatoms. The molecule has 0 heterocycles. The molecule has 5 nitrogen and oxygen atoms in total. The molecule has 0 aliphatic rings. The molecule has 0 aliphatic carbocycles. The molecule has 0 aliphatic heterocycles. The lowest BCUT2D eigenvalue weighted by atomic mass is 10.2. The maximum Gasteiger partial charge on any atom is 0.242 e. The molecule has 0 spiro atoms. The monoisotopic (exact) mass is 347 g/mol. The number of likely N-dealkylation sites (N-methyl/N-ethyl adjacent to an activating group) is 1. The van der Waals surface area contributed by atoms with Crippen molar-refractivity contribution >= 4 is 15.8 Å². The van der Waals surface area contributed by atoms with Gasteiger partial charge in [-0.25, -0.2) is 8.42 Å². The molecule has 0 bridgehead atoms. The highest BCUT2D eigenvalue weighted by Gasteiger charge is 2.20. The fourth-order valence-corrected chi connectivity index (χ4v) is 3.32. The molecule has 0 amide bonds. The zero-order valence-electron chi connectivity index (χ0n) is 14.0. The van der Waals surface area contributed by atoms with Crippen LogP contribution in [0.2, 0.25) is 0 Å². The molecule has 24 heavy (non-hydrogen) atoms. The summed E-state index contributed by atoms with van der Waals surface area (Å²) < 4.78 is 31.9. The Bertz CT molecular complexity index is 813. The van der Waals surface area contributed by atoms with Crippen molar-refractivity contribution in [3.8, 4) is 5.75 Å². The Morgan fingerprint density at radius 3 is 2.29 bits per heavy atom. The van der Waals surface area contributed by atoms with E-state index < -0.39 is 10.0 Å². The van der Waals surface area contributed by atoms with Crippen molar-refractivity contribution < 1.29 is 17.9 Å². The first-order chi connectivity index (χ1) is 11.3. The topological polar surface area (TPSA) is 63.7 Å². The number of carbonyl (C=O) groups is 1. The lowest BCUT2D eigenvalue weighted by Gasteiger charge is -2.18. The standard InChI is InChI=1S/C18H21NO4S/c1-14-6-4-5-7-18(14)23-13-12-19(3)24(21,22)17-10-8-16(9-11-17)15(2)20/h4-11H,12-13H2,1-3H3. The van der Waals surface area contributed by atoms with Gasteiger partial charge in [0, 0.05) is 19.2 Å². The van der Waals surface area contributed by atoms with E-state index in [1.807, 2.05) is 31.2 Å². The van der Waals surface area contributed by atoms with Crippen LogP contribution in [0.25, 0.3) is 0 Å². The van der Waals surface area contributed by atoms with E-state index in [1.54, 1.807) is 0 Å². The number of hydrogen-bond donors (Lipinski definition) is 0. The molecule has 2 aromatic rings. The predicted octanol–water partition coefficient (Wildman–Crippen LogP) is 2.90. The van der Waals surface area contributed by atoms with Crippen molar-refractivity contribution in [3.05, 3.63) is 59.7 Å². The van der Waals surface area contributed by atoms with E-state index in [0.29, 0.717) is 5.56 Å². The van der Waals surface area contributed by atoms with E-state index in [1.165, 1.54) is 42.5 Å². The maximum absolute atomic E-state index is 12.5. The predicted molar refractivity (Wildman–Crippen MR) is 92.9 cm³/mol. The average Bonchev–Trinajstić information content (AvgIpc) is 2.56. The van der Waals surface area contributed by atoms with Gasteiger partial charge >= 0.3 is 0 Å². The number of benzene rings is 2. The van der Waals surface area contributed by atoms with Gasteiger partial charge in [-0.15, -0.1) is 0 Å². The van der Waals surface area contributed by atoms with Crippen LogP contribution in [-0.2, 0) is 10.0 Å². The van der Waals surface area contributed by atoms with Crippen LogP contribution in [-0.4, -0.2) is 38.7 Å². The summed E-state index contributed by atoms with van der Waals surface area (Å²) in [5.41, 5.74) is 1.49. The van der Waals surface area contributed by atoms with Crippen molar-refractivity contribution in [3.63, 3.8) is 0 Å². The van der Waals surface area contributed by atoms with Crippen molar-refractivity contribution in [1.29, 1.82) is 0 Å². The number of para-hydroxylation sites is 1. The van der Waals surface area contributed by atoms with Gasteiger partial charge in [-0.3, -0.25) is 4.79 Å². The molecule has 0 aromatic heterocycles. The van der Waals surface area contributed by atoms with Crippen molar-refractivity contribution in [2.45, 2.75) is 18.7 Å². The highest BCUT2D eigenvalue weighted by Crippen LogP contribution is 2.18. The summed E-state index contributed by atoms with van der Waals surface area (Å²) in [4.78, 5) is 11.4. The van der Waals surface area contributed by atoms with Gasteiger partial charge in [0.1, 0.15) is 12.4 Å². The minimum absolute atomic E-state index is 0.0982. The quantitative estimate of drug-likeness (QED) is 0.723. The number of nitrogens with zero attached hydrogens (tertiary/aromatic N) is 1. The molecular weight excluding hydrogens is 326 g/mol. The summed E-state index contributed by atoms with van der Waals surface area (Å²) >= 11 is 0. The van der Waals surface area contributed by atoms with Crippen LogP contribution in [0, 0.1) is 6.92 Å². The smallest absolute Gasteiger partial charge is 0.242 e. The van der Waals surface area contributed by atoms with Crippen molar-refractivity contribution in [2.24, 2.45) is 0 Å². The third-order valence-corrected chi connectivity index (χ3v) is 5.60. The van der Waals surface area contributed by atoms with Crippen LogP contribution in [0.5, 0.6) is 5.75 Å². The second-order valence-electron chi connectivity index (χ2n) is 5.52. The molecule has 2 rings (SSSR count). The van der Waals surface area contributed by atoms with Crippen LogP contribution >= 0.6 is 0 Å². The van der Waals surface area contributed by atoms with E-state index in [-0.39, 0.29) is 23.8 Å². The van der Waals surface area contributed by atoms with Crippen LogP contribution < -0.4 is 4.74 Å². The minimum Gasteiger partial charge on any atom is -0.492 e. The van der Waals surface area contributed by atoms with E-state index in [0.717, 1.165) is 11.3 Å².